The van der Waals surface area contributed by atoms with Crippen LogP contribution in [-0.4, -0.2) is 39.0 Å². The van der Waals surface area contributed by atoms with Crippen molar-refractivity contribution in [2.24, 2.45) is 0 Å². The normalized spacial score (nSPS) is 29.0. The van der Waals surface area contributed by atoms with E-state index in [1.807, 2.05) is 24.3 Å². The zero-order chi connectivity index (χ0) is 21.8. The number of ether oxygens (including phenoxy) is 3. The molecule has 2 fully saturated rings. The molecule has 1 aromatic carbocycles. The van der Waals surface area contributed by atoms with Crippen molar-refractivity contribution in [1.29, 1.82) is 0 Å². The van der Waals surface area contributed by atoms with Crippen LogP contribution in [0, 0.1) is 0 Å². The lowest BCUT2D eigenvalue weighted by Crippen LogP contribution is -2.58. The molecule has 4 nitrogen and oxygen atoms in total. The first kappa shape index (κ1) is 23.7. The van der Waals surface area contributed by atoms with Crippen LogP contribution in [0.1, 0.15) is 58.4 Å². The van der Waals surface area contributed by atoms with Crippen LogP contribution < -0.4 is 0 Å². The number of hydrogen-bond acceptors (Lipinski definition) is 4. The van der Waals surface area contributed by atoms with Crippen LogP contribution in [0.15, 0.2) is 43.0 Å². The van der Waals surface area contributed by atoms with Crippen molar-refractivity contribution in [1.82, 2.24) is 0 Å². The van der Waals surface area contributed by atoms with Crippen LogP contribution in [0.4, 0.5) is 0 Å². The standard InChI is InChI=1S/C25H40O4Si/c1-7-21(29-30(5,6)24(2,3)4)22-15-16-23(25(28-22)17-11-12-18-27-25)26-19-20-13-9-8-10-14-20/h7-10,13-14,21-23H,1,11-12,15-19H2,2-6H3/t21-,22+,23-,25-/m1/s1. The fraction of sp³-hybridized carbons (Fsp3) is 0.680. The minimum atomic E-state index is -1.93. The molecule has 0 amide bonds. The molecule has 2 aliphatic heterocycles. The molecule has 0 radical (unpaired) electrons. The summed E-state index contributed by atoms with van der Waals surface area (Å²) in [7, 11) is -1.93. The van der Waals surface area contributed by atoms with Gasteiger partial charge in [0.2, 0.25) is 0 Å². The van der Waals surface area contributed by atoms with Crippen LogP contribution in [0.25, 0.3) is 0 Å². The van der Waals surface area contributed by atoms with Gasteiger partial charge in [-0.05, 0) is 49.4 Å². The molecule has 3 rings (SSSR count). The van der Waals surface area contributed by atoms with E-state index in [9.17, 15) is 0 Å². The fourth-order valence-corrected chi connectivity index (χ4v) is 5.35. The molecule has 0 saturated carbocycles. The predicted octanol–water partition coefficient (Wildman–Crippen LogP) is 6.22. The van der Waals surface area contributed by atoms with Gasteiger partial charge in [0.15, 0.2) is 14.1 Å². The van der Waals surface area contributed by atoms with Crippen LogP contribution >= 0.6 is 0 Å². The maximum absolute atomic E-state index is 6.71. The van der Waals surface area contributed by atoms with Crippen molar-refractivity contribution < 1.29 is 18.6 Å². The van der Waals surface area contributed by atoms with Crippen molar-refractivity contribution in [3.05, 3.63) is 48.6 Å². The highest BCUT2D eigenvalue weighted by Crippen LogP contribution is 2.43. The lowest BCUT2D eigenvalue weighted by atomic mass is 9.90. The highest BCUT2D eigenvalue weighted by atomic mass is 28.4. The van der Waals surface area contributed by atoms with E-state index in [1.54, 1.807) is 0 Å². The van der Waals surface area contributed by atoms with Gasteiger partial charge in [-0.15, -0.1) is 6.58 Å². The van der Waals surface area contributed by atoms with Crippen LogP contribution in [0.3, 0.4) is 0 Å². The second kappa shape index (κ2) is 9.66. The van der Waals surface area contributed by atoms with Gasteiger partial charge in [-0.1, -0.05) is 57.2 Å². The van der Waals surface area contributed by atoms with Crippen LogP contribution in [-0.2, 0) is 25.2 Å². The summed E-state index contributed by atoms with van der Waals surface area (Å²) in [6, 6.07) is 10.3. The van der Waals surface area contributed by atoms with Crippen molar-refractivity contribution in [2.45, 2.75) is 102 Å². The first-order valence-electron chi connectivity index (χ1n) is 11.4. The number of hydrogen-bond donors (Lipinski definition) is 0. The molecule has 5 heteroatoms. The molecule has 0 aliphatic carbocycles. The summed E-state index contributed by atoms with van der Waals surface area (Å²) in [5.74, 6) is -0.673. The van der Waals surface area contributed by atoms with E-state index < -0.39 is 14.1 Å². The summed E-state index contributed by atoms with van der Waals surface area (Å²) in [4.78, 5) is 0. The molecule has 2 aliphatic rings. The Kier molecular flexibility index (Phi) is 7.62. The predicted molar refractivity (Wildman–Crippen MR) is 124 cm³/mol. The van der Waals surface area contributed by atoms with Crippen molar-refractivity contribution >= 4 is 8.32 Å². The molecule has 30 heavy (non-hydrogen) atoms. The summed E-state index contributed by atoms with van der Waals surface area (Å²) in [6.45, 7) is 16.7. The van der Waals surface area contributed by atoms with E-state index in [-0.39, 0.29) is 23.4 Å². The molecule has 0 N–H and O–H groups in total. The minimum absolute atomic E-state index is 0.0497. The minimum Gasteiger partial charge on any atom is -0.408 e. The zero-order valence-electron chi connectivity index (χ0n) is 19.5. The molecule has 2 heterocycles. The molecule has 4 atom stereocenters. The SMILES string of the molecule is C=C[C@@H](O[Si](C)(C)C(C)(C)C)[C@@H]1CC[C@@H](OCc2ccccc2)[C@@]2(CCCCO2)O1. The topological polar surface area (TPSA) is 36.9 Å². The summed E-state index contributed by atoms with van der Waals surface area (Å²) in [5, 5.41) is 0.142. The van der Waals surface area contributed by atoms with Gasteiger partial charge >= 0.3 is 0 Å². The van der Waals surface area contributed by atoms with Gasteiger partial charge in [0.1, 0.15) is 6.10 Å². The highest BCUT2D eigenvalue weighted by Gasteiger charge is 2.50. The Bertz CT molecular complexity index is 676. The second-order valence-corrected chi connectivity index (χ2v) is 15.0. The Hall–Kier alpha value is -0.983. The first-order valence-corrected chi connectivity index (χ1v) is 14.4. The van der Waals surface area contributed by atoms with Gasteiger partial charge in [-0.25, -0.2) is 0 Å². The summed E-state index contributed by atoms with van der Waals surface area (Å²) in [5.41, 5.74) is 1.18. The third kappa shape index (κ3) is 5.43. The van der Waals surface area contributed by atoms with E-state index >= 15 is 0 Å². The van der Waals surface area contributed by atoms with Crippen LogP contribution in [0.2, 0.25) is 18.1 Å². The van der Waals surface area contributed by atoms with E-state index in [4.69, 9.17) is 18.6 Å². The highest BCUT2D eigenvalue weighted by molar-refractivity contribution is 6.74. The van der Waals surface area contributed by atoms with Gasteiger partial charge < -0.3 is 18.6 Å². The molecule has 1 aromatic rings. The van der Waals surface area contributed by atoms with Crippen molar-refractivity contribution in [3.8, 4) is 0 Å². The summed E-state index contributed by atoms with van der Waals surface area (Å²) < 4.78 is 26.1. The average molecular weight is 433 g/mol. The molecule has 0 bridgehead atoms. The second-order valence-electron chi connectivity index (χ2n) is 10.2. The Labute approximate surface area is 184 Å². The number of benzene rings is 1. The Morgan fingerprint density at radius 2 is 1.93 bits per heavy atom. The average Bonchev–Trinajstić information content (AvgIpc) is 2.71. The first-order chi connectivity index (χ1) is 14.2. The lowest BCUT2D eigenvalue weighted by molar-refractivity contribution is -0.348. The fourth-order valence-electron chi connectivity index (χ4n) is 4.07. The van der Waals surface area contributed by atoms with Gasteiger partial charge in [0, 0.05) is 6.42 Å². The molecule has 168 valence electrons. The van der Waals surface area contributed by atoms with Gasteiger partial charge in [0.25, 0.3) is 0 Å². The monoisotopic (exact) mass is 432 g/mol. The third-order valence-corrected chi connectivity index (χ3v) is 11.4. The Balaban J connectivity index is 1.72. The number of rotatable bonds is 7. The largest absolute Gasteiger partial charge is 0.408 e. The van der Waals surface area contributed by atoms with Crippen molar-refractivity contribution in [2.75, 3.05) is 6.61 Å². The van der Waals surface area contributed by atoms with E-state index in [1.165, 1.54) is 5.56 Å². The van der Waals surface area contributed by atoms with Gasteiger partial charge in [-0.2, -0.15) is 0 Å². The Morgan fingerprint density at radius 1 is 1.20 bits per heavy atom. The third-order valence-electron chi connectivity index (χ3n) is 6.95. The smallest absolute Gasteiger partial charge is 0.195 e. The maximum atomic E-state index is 6.71. The van der Waals surface area contributed by atoms with E-state index in [0.29, 0.717) is 6.61 Å². The van der Waals surface area contributed by atoms with Gasteiger partial charge in [0.05, 0.1) is 25.4 Å². The quantitative estimate of drug-likeness (QED) is 0.378. The molecular formula is C25H40O4Si. The lowest BCUT2D eigenvalue weighted by Gasteiger charge is -2.50. The van der Waals surface area contributed by atoms with Crippen molar-refractivity contribution in [3.63, 3.8) is 0 Å². The summed E-state index contributed by atoms with van der Waals surface area (Å²) >= 11 is 0. The molecular weight excluding hydrogens is 392 g/mol. The molecule has 2 saturated heterocycles. The van der Waals surface area contributed by atoms with E-state index in [0.717, 1.165) is 38.7 Å². The molecule has 0 unspecified atom stereocenters. The zero-order valence-corrected chi connectivity index (χ0v) is 20.5. The van der Waals surface area contributed by atoms with Gasteiger partial charge in [-0.3, -0.25) is 0 Å². The maximum Gasteiger partial charge on any atom is 0.195 e. The summed E-state index contributed by atoms with van der Waals surface area (Å²) in [6.07, 6.45) is 6.52. The molecule has 0 aromatic heterocycles. The van der Waals surface area contributed by atoms with E-state index in [2.05, 4.69) is 52.6 Å². The molecule has 1 spiro atoms. The van der Waals surface area contributed by atoms with Crippen LogP contribution in [0.5, 0.6) is 0 Å². The Morgan fingerprint density at radius 3 is 2.53 bits per heavy atom.